The fraction of sp³-hybridized carbons (Fsp3) is 0.308. The number of imide groups is 1. The minimum Gasteiger partial charge on any atom is -0.481 e. The van der Waals surface area contributed by atoms with E-state index < -0.39 is 5.97 Å². The summed E-state index contributed by atoms with van der Waals surface area (Å²) in [5, 5.41) is 11.7. The average Bonchev–Trinajstić information content (AvgIpc) is 2.53. The SMILES string of the molecule is CC(CC(=O)O)Nc1ccc2c(c1)C(=O)N(C)C2=O. The Morgan fingerprint density at radius 1 is 1.32 bits per heavy atom. The minimum absolute atomic E-state index is 0.0239. The number of anilines is 1. The second-order valence-electron chi connectivity index (χ2n) is 4.57. The lowest BCUT2D eigenvalue weighted by molar-refractivity contribution is -0.137. The first-order chi connectivity index (χ1) is 8.90. The summed E-state index contributed by atoms with van der Waals surface area (Å²) < 4.78 is 0. The van der Waals surface area contributed by atoms with E-state index in [4.69, 9.17) is 5.11 Å². The molecule has 0 bridgehead atoms. The smallest absolute Gasteiger partial charge is 0.305 e. The standard InChI is InChI=1S/C13H14N2O4/c1-7(5-11(16)17)14-8-3-4-9-10(6-8)13(19)15(2)12(9)18/h3-4,6-7,14H,5H2,1-2H3,(H,16,17). The van der Waals surface area contributed by atoms with Gasteiger partial charge >= 0.3 is 5.97 Å². The zero-order valence-electron chi connectivity index (χ0n) is 10.6. The number of aliphatic carboxylic acids is 1. The minimum atomic E-state index is -0.896. The highest BCUT2D eigenvalue weighted by Crippen LogP contribution is 2.25. The molecule has 2 rings (SSSR count). The van der Waals surface area contributed by atoms with E-state index >= 15 is 0 Å². The quantitative estimate of drug-likeness (QED) is 0.796. The Balaban J connectivity index is 2.21. The molecule has 1 unspecified atom stereocenters. The molecule has 0 saturated heterocycles. The van der Waals surface area contributed by atoms with Gasteiger partial charge in [-0.3, -0.25) is 19.3 Å². The molecule has 1 aliphatic heterocycles. The lowest BCUT2D eigenvalue weighted by Crippen LogP contribution is -2.24. The van der Waals surface area contributed by atoms with Gasteiger partial charge in [-0.25, -0.2) is 0 Å². The third-order valence-electron chi connectivity index (χ3n) is 2.98. The van der Waals surface area contributed by atoms with Gasteiger partial charge in [0, 0.05) is 18.8 Å². The summed E-state index contributed by atoms with van der Waals surface area (Å²) in [4.78, 5) is 35.1. The highest BCUT2D eigenvalue weighted by molar-refractivity contribution is 6.21. The predicted molar refractivity (Wildman–Crippen MR) is 68.2 cm³/mol. The van der Waals surface area contributed by atoms with Gasteiger partial charge in [-0.05, 0) is 25.1 Å². The van der Waals surface area contributed by atoms with Crippen LogP contribution in [0.1, 0.15) is 34.1 Å². The number of hydrogen-bond acceptors (Lipinski definition) is 4. The Morgan fingerprint density at radius 3 is 2.58 bits per heavy atom. The molecule has 1 aliphatic rings. The van der Waals surface area contributed by atoms with Crippen molar-refractivity contribution in [1.29, 1.82) is 0 Å². The molecule has 1 aromatic rings. The number of carbonyl (C=O) groups is 3. The number of hydrogen-bond donors (Lipinski definition) is 2. The highest BCUT2D eigenvalue weighted by Gasteiger charge is 2.32. The Hall–Kier alpha value is -2.37. The zero-order valence-corrected chi connectivity index (χ0v) is 10.6. The van der Waals surface area contributed by atoms with E-state index in [0.29, 0.717) is 16.8 Å². The number of fused-ring (bicyclic) bond motifs is 1. The van der Waals surface area contributed by atoms with E-state index in [1.165, 1.54) is 7.05 Å². The molecule has 0 aromatic heterocycles. The number of amides is 2. The molecule has 1 heterocycles. The van der Waals surface area contributed by atoms with E-state index in [2.05, 4.69) is 5.32 Å². The molecule has 2 amide bonds. The van der Waals surface area contributed by atoms with Crippen molar-refractivity contribution in [3.8, 4) is 0 Å². The molecule has 1 aromatic carbocycles. The van der Waals surface area contributed by atoms with Gasteiger partial charge in [0.1, 0.15) is 0 Å². The topological polar surface area (TPSA) is 86.7 Å². The van der Waals surface area contributed by atoms with Crippen molar-refractivity contribution in [3.63, 3.8) is 0 Å². The van der Waals surface area contributed by atoms with E-state index in [1.54, 1.807) is 25.1 Å². The first kappa shape index (κ1) is 13.1. The van der Waals surface area contributed by atoms with Crippen LogP contribution < -0.4 is 5.32 Å². The van der Waals surface area contributed by atoms with Gasteiger partial charge in [0.05, 0.1) is 17.5 Å². The number of benzene rings is 1. The molecule has 2 N–H and O–H groups in total. The van der Waals surface area contributed by atoms with Crippen molar-refractivity contribution >= 4 is 23.5 Å². The number of carboxylic acids is 1. The van der Waals surface area contributed by atoms with Crippen LogP contribution in [-0.4, -0.2) is 40.9 Å². The lowest BCUT2D eigenvalue weighted by Gasteiger charge is -2.13. The predicted octanol–water partition coefficient (Wildman–Crippen LogP) is 1.19. The van der Waals surface area contributed by atoms with Crippen molar-refractivity contribution in [2.45, 2.75) is 19.4 Å². The second kappa shape index (κ2) is 4.72. The molecule has 0 saturated carbocycles. The maximum absolute atomic E-state index is 11.8. The van der Waals surface area contributed by atoms with Crippen molar-refractivity contribution in [2.24, 2.45) is 0 Å². The van der Waals surface area contributed by atoms with E-state index in [0.717, 1.165) is 4.90 Å². The molecule has 0 spiro atoms. The third kappa shape index (κ3) is 2.42. The number of nitrogens with one attached hydrogen (secondary N) is 1. The first-order valence-corrected chi connectivity index (χ1v) is 5.85. The largest absolute Gasteiger partial charge is 0.481 e. The lowest BCUT2D eigenvalue weighted by atomic mass is 10.1. The van der Waals surface area contributed by atoms with Gasteiger partial charge in [-0.1, -0.05) is 0 Å². The molecule has 6 nitrogen and oxygen atoms in total. The van der Waals surface area contributed by atoms with Crippen LogP contribution in [0.2, 0.25) is 0 Å². The van der Waals surface area contributed by atoms with E-state index in [-0.39, 0.29) is 24.3 Å². The summed E-state index contributed by atoms with van der Waals surface area (Å²) in [5.41, 5.74) is 1.35. The van der Waals surface area contributed by atoms with Crippen LogP contribution in [-0.2, 0) is 4.79 Å². The number of carbonyl (C=O) groups excluding carboxylic acids is 2. The normalized spacial score (nSPS) is 15.4. The summed E-state index contributed by atoms with van der Waals surface area (Å²) in [7, 11) is 1.44. The summed E-state index contributed by atoms with van der Waals surface area (Å²) in [6.07, 6.45) is -0.0239. The molecule has 0 radical (unpaired) electrons. The average molecular weight is 262 g/mol. The second-order valence-corrected chi connectivity index (χ2v) is 4.57. The van der Waals surface area contributed by atoms with Crippen LogP contribution >= 0.6 is 0 Å². The maximum atomic E-state index is 11.8. The van der Waals surface area contributed by atoms with Crippen LogP contribution in [0.25, 0.3) is 0 Å². The Labute approximate surface area is 110 Å². The van der Waals surface area contributed by atoms with Crippen molar-refractivity contribution in [2.75, 3.05) is 12.4 Å². The van der Waals surface area contributed by atoms with Gasteiger partial charge < -0.3 is 10.4 Å². The van der Waals surface area contributed by atoms with Crippen LogP contribution in [0.15, 0.2) is 18.2 Å². The monoisotopic (exact) mass is 262 g/mol. The summed E-state index contributed by atoms with van der Waals surface area (Å²) in [6.45, 7) is 1.74. The fourth-order valence-corrected chi connectivity index (χ4v) is 2.05. The number of carboxylic acid groups (broad SMARTS) is 1. The Bertz CT molecular complexity index is 568. The molecule has 6 heteroatoms. The van der Waals surface area contributed by atoms with Gasteiger partial charge in [0.2, 0.25) is 0 Å². The van der Waals surface area contributed by atoms with Gasteiger partial charge in [0.15, 0.2) is 0 Å². The molecular formula is C13H14N2O4. The van der Waals surface area contributed by atoms with Crippen LogP contribution in [0, 0.1) is 0 Å². The molecule has 100 valence electrons. The molecule has 1 atom stereocenters. The van der Waals surface area contributed by atoms with Crippen LogP contribution in [0.3, 0.4) is 0 Å². The zero-order chi connectivity index (χ0) is 14.2. The molecule has 0 aliphatic carbocycles. The van der Waals surface area contributed by atoms with Gasteiger partial charge in [-0.15, -0.1) is 0 Å². The third-order valence-corrected chi connectivity index (χ3v) is 2.98. The Kier molecular flexibility index (Phi) is 3.25. The summed E-state index contributed by atoms with van der Waals surface area (Å²) in [5.74, 6) is -1.55. The van der Waals surface area contributed by atoms with E-state index in [9.17, 15) is 14.4 Å². The molecular weight excluding hydrogens is 248 g/mol. The Morgan fingerprint density at radius 2 is 1.95 bits per heavy atom. The summed E-state index contributed by atoms with van der Waals surface area (Å²) in [6, 6.07) is 4.56. The molecule has 0 fully saturated rings. The van der Waals surface area contributed by atoms with Gasteiger partial charge in [-0.2, -0.15) is 0 Å². The van der Waals surface area contributed by atoms with Crippen molar-refractivity contribution < 1.29 is 19.5 Å². The summed E-state index contributed by atoms with van der Waals surface area (Å²) >= 11 is 0. The van der Waals surface area contributed by atoms with Crippen LogP contribution in [0.5, 0.6) is 0 Å². The molecule has 19 heavy (non-hydrogen) atoms. The number of nitrogens with zero attached hydrogens (tertiary/aromatic N) is 1. The van der Waals surface area contributed by atoms with Gasteiger partial charge in [0.25, 0.3) is 11.8 Å². The fourth-order valence-electron chi connectivity index (χ4n) is 2.05. The van der Waals surface area contributed by atoms with E-state index in [1.807, 2.05) is 0 Å². The first-order valence-electron chi connectivity index (χ1n) is 5.85. The highest BCUT2D eigenvalue weighted by atomic mass is 16.4. The number of rotatable bonds is 4. The maximum Gasteiger partial charge on any atom is 0.305 e. The van der Waals surface area contributed by atoms with Crippen molar-refractivity contribution in [3.05, 3.63) is 29.3 Å². The van der Waals surface area contributed by atoms with Crippen molar-refractivity contribution in [1.82, 2.24) is 4.90 Å². The van der Waals surface area contributed by atoms with Crippen LogP contribution in [0.4, 0.5) is 5.69 Å².